The van der Waals surface area contributed by atoms with Crippen LogP contribution in [0.2, 0.25) is 0 Å². The summed E-state index contributed by atoms with van der Waals surface area (Å²) < 4.78 is 40.4. The van der Waals surface area contributed by atoms with Crippen molar-refractivity contribution in [3.63, 3.8) is 0 Å². The van der Waals surface area contributed by atoms with Gasteiger partial charge in [-0.1, -0.05) is 251 Å². The van der Waals surface area contributed by atoms with Crippen LogP contribution in [0.4, 0.5) is 0 Å². The maximum Gasteiger partial charge on any atom is 0.586 e. The van der Waals surface area contributed by atoms with Crippen molar-refractivity contribution in [1.29, 1.82) is 0 Å². The molecule has 404 valence electrons. The van der Waals surface area contributed by atoms with Crippen LogP contribution in [0, 0.1) is 0 Å². The van der Waals surface area contributed by atoms with E-state index < -0.39 is 15.9 Å². The van der Waals surface area contributed by atoms with Crippen LogP contribution in [0.1, 0.15) is 211 Å². The summed E-state index contributed by atoms with van der Waals surface area (Å²) in [5.74, 6) is 2.66. The lowest BCUT2D eigenvalue weighted by Gasteiger charge is -2.32. The Balaban J connectivity index is 1.85. The van der Waals surface area contributed by atoms with E-state index in [2.05, 4.69) is 263 Å². The minimum Gasteiger partial charge on any atom is -0.271 e. The number of hydrogen-bond donors (Lipinski definition) is 0. The first kappa shape index (κ1) is 59.6. The summed E-state index contributed by atoms with van der Waals surface area (Å²) in [5, 5.41) is 1.46. The largest absolute Gasteiger partial charge is 0.586 e. The van der Waals surface area contributed by atoms with E-state index >= 15 is 0 Å². The molecule has 0 spiro atoms. The van der Waals surface area contributed by atoms with E-state index in [1.54, 1.807) is 0 Å². The van der Waals surface area contributed by atoms with Gasteiger partial charge in [-0.2, -0.15) is 0 Å². The van der Waals surface area contributed by atoms with Gasteiger partial charge in [-0.3, -0.25) is 18.1 Å². The van der Waals surface area contributed by atoms with Crippen LogP contribution in [-0.4, -0.2) is 0 Å². The molecule has 0 saturated heterocycles. The first-order valence-corrected chi connectivity index (χ1v) is 30.2. The highest BCUT2D eigenvalue weighted by Gasteiger charge is 2.71. The minimum absolute atomic E-state index is 0.121. The maximum absolute atomic E-state index is 8.41. The molecule has 7 heteroatoms. The van der Waals surface area contributed by atoms with E-state index in [0.29, 0.717) is 23.0 Å². The zero-order valence-corrected chi connectivity index (χ0v) is 52.4. The standard InChI is InChI=1S/C68H94O5P2/c1-61(2,3)47-35-39-57(53(43-47)65(13,14)15)69-74(51-31-27-25-28-32-51,70-58-40-36-48(62(4,5)6)44-54(58)66(16,17)18)73-75(52-33-29-26-30-34-52,71-59-41-37-49(63(7,8)9)45-55(59)67(19,20)21)72-60-42-38-50(64(10,11)12)46-56(60)68(22,23)24/h25-46H,1-24H3/q+2. The Hall–Kier alpha value is -4.66. The third kappa shape index (κ3) is 14.1. The van der Waals surface area contributed by atoms with Gasteiger partial charge in [0.25, 0.3) is 0 Å². The fraction of sp³-hybridized carbons (Fsp3) is 0.471. The summed E-state index contributed by atoms with van der Waals surface area (Å²) in [6.07, 6.45) is 0. The van der Waals surface area contributed by atoms with Gasteiger partial charge in [-0.15, -0.1) is 0 Å². The Morgan fingerprint density at radius 2 is 0.440 bits per heavy atom. The summed E-state index contributed by atoms with van der Waals surface area (Å²) in [6, 6.07) is 47.0. The molecule has 0 N–H and O–H groups in total. The molecule has 75 heavy (non-hydrogen) atoms. The molecule has 6 aromatic rings. The van der Waals surface area contributed by atoms with Crippen LogP contribution < -0.4 is 28.7 Å². The molecular formula is C68H94O5P2+2. The molecule has 0 unspecified atom stereocenters. The second-order valence-corrected chi connectivity index (χ2v) is 33.4. The first-order chi connectivity index (χ1) is 34.1. The van der Waals surface area contributed by atoms with E-state index in [1.165, 1.54) is 22.3 Å². The summed E-state index contributed by atoms with van der Waals surface area (Å²) in [5.41, 5.74) is 7.09. The van der Waals surface area contributed by atoms with Gasteiger partial charge < -0.3 is 0 Å². The van der Waals surface area contributed by atoms with E-state index in [1.807, 2.05) is 36.4 Å². The Morgan fingerprint density at radius 3 is 0.613 bits per heavy atom. The van der Waals surface area contributed by atoms with E-state index in [-0.39, 0.29) is 43.3 Å². The Labute approximate surface area is 457 Å². The van der Waals surface area contributed by atoms with Crippen LogP contribution in [0.15, 0.2) is 133 Å². The quantitative estimate of drug-likeness (QED) is 0.114. The van der Waals surface area contributed by atoms with Crippen LogP contribution in [0.3, 0.4) is 0 Å². The third-order valence-corrected chi connectivity index (χ3v) is 19.2. The molecule has 0 fully saturated rings. The smallest absolute Gasteiger partial charge is 0.271 e. The van der Waals surface area contributed by atoms with Gasteiger partial charge in [-0.25, -0.2) is 0 Å². The predicted octanol–water partition coefficient (Wildman–Crippen LogP) is 19.9. The first-order valence-electron chi connectivity index (χ1n) is 27.1. The van der Waals surface area contributed by atoms with Crippen molar-refractivity contribution in [1.82, 2.24) is 0 Å². The molecule has 0 atom stereocenters. The molecule has 0 bridgehead atoms. The molecule has 6 aromatic carbocycles. The van der Waals surface area contributed by atoms with Crippen LogP contribution >= 0.6 is 15.9 Å². The van der Waals surface area contributed by atoms with Crippen molar-refractivity contribution in [2.24, 2.45) is 0 Å². The second-order valence-electron chi connectivity index (χ2n) is 29.0. The van der Waals surface area contributed by atoms with Crippen LogP contribution in [0.25, 0.3) is 0 Å². The predicted molar refractivity (Wildman–Crippen MR) is 325 cm³/mol. The number of rotatable bonds is 12. The average Bonchev–Trinajstić information content (AvgIpc) is 3.27. The summed E-state index contributed by atoms with van der Waals surface area (Å²) in [7, 11) is -8.08. The average molecular weight is 1050 g/mol. The van der Waals surface area contributed by atoms with Crippen molar-refractivity contribution >= 4 is 26.5 Å². The van der Waals surface area contributed by atoms with Crippen molar-refractivity contribution < 1.29 is 22.4 Å². The van der Waals surface area contributed by atoms with Gasteiger partial charge in [-0.05, 0) is 114 Å². The molecule has 0 aliphatic rings. The molecule has 0 aliphatic carbocycles. The highest BCUT2D eigenvalue weighted by atomic mass is 31.3. The molecule has 5 nitrogen and oxygen atoms in total. The van der Waals surface area contributed by atoms with E-state index in [4.69, 9.17) is 22.4 Å². The normalized spacial score (nSPS) is 13.7. The van der Waals surface area contributed by atoms with Crippen molar-refractivity contribution in [2.75, 3.05) is 0 Å². The van der Waals surface area contributed by atoms with Gasteiger partial charge in [0.1, 0.15) is 0 Å². The molecule has 0 aromatic heterocycles. The van der Waals surface area contributed by atoms with E-state index in [9.17, 15) is 0 Å². The molecule has 0 aliphatic heterocycles. The van der Waals surface area contributed by atoms with Gasteiger partial charge in [0.05, 0.1) is 4.31 Å². The molecular weight excluding hydrogens is 959 g/mol. The highest BCUT2D eigenvalue weighted by Crippen LogP contribution is 2.76. The molecule has 0 radical (unpaired) electrons. The zero-order valence-electron chi connectivity index (χ0n) is 50.6. The Kier molecular flexibility index (Phi) is 16.6. The number of hydrogen-bond acceptors (Lipinski definition) is 5. The summed E-state index contributed by atoms with van der Waals surface area (Å²) in [6.45, 7) is 54.0. The monoisotopic (exact) mass is 1050 g/mol. The number of benzene rings is 6. The van der Waals surface area contributed by atoms with Gasteiger partial charge in [0.2, 0.25) is 10.6 Å². The molecule has 6 rings (SSSR count). The SMILES string of the molecule is CC(C)(C)c1ccc(O[P+](Oc2ccc(C(C)(C)C)cc2C(C)(C)C)(O[P+](Oc2ccc(C(C)(C)C)cc2C(C)(C)C)(Oc2ccc(C(C)(C)C)cc2C(C)(C)C)c2ccccc2)c2ccccc2)c(C(C)(C)C)c1. The highest BCUT2D eigenvalue weighted by molar-refractivity contribution is 7.82. The lowest BCUT2D eigenvalue weighted by atomic mass is 9.80. The maximum atomic E-state index is 8.41. The fourth-order valence-corrected chi connectivity index (χ4v) is 14.6. The minimum atomic E-state index is -4.04. The second kappa shape index (κ2) is 20.9. The van der Waals surface area contributed by atoms with Crippen molar-refractivity contribution in [3.05, 3.63) is 178 Å². The molecule has 0 heterocycles. The van der Waals surface area contributed by atoms with Crippen molar-refractivity contribution in [2.45, 2.75) is 209 Å². The van der Waals surface area contributed by atoms with Gasteiger partial charge in [0, 0.05) is 22.3 Å². The van der Waals surface area contributed by atoms with Crippen LogP contribution in [-0.2, 0) is 47.6 Å². The van der Waals surface area contributed by atoms with Gasteiger partial charge >= 0.3 is 15.9 Å². The van der Waals surface area contributed by atoms with Gasteiger partial charge in [0.15, 0.2) is 23.0 Å². The van der Waals surface area contributed by atoms with Crippen LogP contribution in [0.5, 0.6) is 23.0 Å². The zero-order chi connectivity index (χ0) is 56.2. The topological polar surface area (TPSA) is 46.2 Å². The molecule has 0 saturated carbocycles. The lowest BCUT2D eigenvalue weighted by molar-refractivity contribution is 0.310. The summed E-state index contributed by atoms with van der Waals surface area (Å²) in [4.78, 5) is 0. The van der Waals surface area contributed by atoms with Crippen molar-refractivity contribution in [3.8, 4) is 23.0 Å². The fourth-order valence-electron chi connectivity index (χ4n) is 8.94. The Bertz CT molecular complexity index is 2560. The Morgan fingerprint density at radius 1 is 0.240 bits per heavy atom. The molecule has 0 amide bonds. The third-order valence-electron chi connectivity index (χ3n) is 13.8. The lowest BCUT2D eigenvalue weighted by Crippen LogP contribution is -2.32. The summed E-state index contributed by atoms with van der Waals surface area (Å²) >= 11 is 0. The van der Waals surface area contributed by atoms with E-state index in [0.717, 1.165) is 32.9 Å².